The van der Waals surface area contributed by atoms with E-state index in [0.29, 0.717) is 0 Å². The minimum Gasteiger partial charge on any atom is -0.444 e. The van der Waals surface area contributed by atoms with Gasteiger partial charge in [0.25, 0.3) is 0 Å². The molecule has 1 aromatic heterocycles. The first-order valence-corrected chi connectivity index (χ1v) is 8.42. The number of anilines is 1. The summed E-state index contributed by atoms with van der Waals surface area (Å²) in [6.07, 6.45) is 1.43. The van der Waals surface area contributed by atoms with Gasteiger partial charge in [0.1, 0.15) is 5.60 Å². The largest absolute Gasteiger partial charge is 0.444 e. The SMILES string of the molecule is CC(NCc1cncs1)c1ccc(NC(=O)OC(C)(C)C)cc1. The minimum atomic E-state index is -0.501. The van der Waals surface area contributed by atoms with Crippen LogP contribution in [0.1, 0.15) is 44.2 Å². The normalized spacial score (nSPS) is 12.7. The third kappa shape index (κ3) is 6.00. The van der Waals surface area contributed by atoms with Gasteiger partial charge in [-0.2, -0.15) is 0 Å². The van der Waals surface area contributed by atoms with Crippen molar-refractivity contribution in [3.63, 3.8) is 0 Å². The van der Waals surface area contributed by atoms with Crippen molar-refractivity contribution in [3.8, 4) is 0 Å². The molecule has 6 heteroatoms. The second kappa shape index (κ2) is 7.57. The summed E-state index contributed by atoms with van der Waals surface area (Å²) in [6, 6.07) is 7.97. The third-order valence-corrected chi connectivity index (χ3v) is 3.90. The molecule has 2 rings (SSSR count). The van der Waals surface area contributed by atoms with Gasteiger partial charge < -0.3 is 10.1 Å². The summed E-state index contributed by atoms with van der Waals surface area (Å²) in [5.74, 6) is 0. The zero-order valence-electron chi connectivity index (χ0n) is 13.9. The van der Waals surface area contributed by atoms with E-state index in [4.69, 9.17) is 4.74 Å². The highest BCUT2D eigenvalue weighted by Crippen LogP contribution is 2.18. The van der Waals surface area contributed by atoms with Crippen molar-refractivity contribution in [1.29, 1.82) is 0 Å². The van der Waals surface area contributed by atoms with E-state index in [1.54, 1.807) is 11.3 Å². The van der Waals surface area contributed by atoms with Gasteiger partial charge in [0.05, 0.1) is 5.51 Å². The first kappa shape index (κ1) is 17.4. The third-order valence-electron chi connectivity index (χ3n) is 3.12. The average molecular weight is 333 g/mol. The van der Waals surface area contributed by atoms with Gasteiger partial charge in [0, 0.05) is 29.3 Å². The molecule has 0 fully saturated rings. The lowest BCUT2D eigenvalue weighted by Crippen LogP contribution is -2.27. The van der Waals surface area contributed by atoms with Gasteiger partial charge in [-0.1, -0.05) is 12.1 Å². The molecular weight excluding hydrogens is 310 g/mol. The summed E-state index contributed by atoms with van der Waals surface area (Å²) in [5, 5.41) is 6.18. The van der Waals surface area contributed by atoms with E-state index in [9.17, 15) is 4.79 Å². The van der Waals surface area contributed by atoms with Crippen molar-refractivity contribution in [2.24, 2.45) is 0 Å². The lowest BCUT2D eigenvalue weighted by atomic mass is 10.1. The highest BCUT2D eigenvalue weighted by molar-refractivity contribution is 7.09. The van der Waals surface area contributed by atoms with Crippen LogP contribution in [0, 0.1) is 0 Å². The molecule has 5 nitrogen and oxygen atoms in total. The predicted octanol–water partition coefficient (Wildman–Crippen LogP) is 4.34. The van der Waals surface area contributed by atoms with E-state index in [-0.39, 0.29) is 6.04 Å². The zero-order chi connectivity index (χ0) is 16.9. The average Bonchev–Trinajstić information content (AvgIpc) is 2.96. The monoisotopic (exact) mass is 333 g/mol. The maximum atomic E-state index is 11.7. The van der Waals surface area contributed by atoms with Crippen LogP contribution in [-0.4, -0.2) is 16.7 Å². The number of aromatic nitrogens is 1. The van der Waals surface area contributed by atoms with Gasteiger partial charge in [0.15, 0.2) is 0 Å². The van der Waals surface area contributed by atoms with Gasteiger partial charge in [-0.05, 0) is 45.4 Å². The van der Waals surface area contributed by atoms with Crippen LogP contribution in [-0.2, 0) is 11.3 Å². The maximum Gasteiger partial charge on any atom is 0.412 e. The van der Waals surface area contributed by atoms with E-state index in [0.717, 1.165) is 17.8 Å². The first-order chi connectivity index (χ1) is 10.8. The van der Waals surface area contributed by atoms with Crippen LogP contribution in [0.5, 0.6) is 0 Å². The molecule has 0 radical (unpaired) electrons. The second-order valence-corrected chi connectivity index (χ2v) is 7.29. The molecule has 1 aromatic carbocycles. The number of hydrogen-bond donors (Lipinski definition) is 2. The molecule has 1 amide bonds. The molecule has 1 atom stereocenters. The van der Waals surface area contributed by atoms with Crippen LogP contribution in [0.3, 0.4) is 0 Å². The minimum absolute atomic E-state index is 0.215. The van der Waals surface area contributed by atoms with Crippen molar-refractivity contribution in [2.75, 3.05) is 5.32 Å². The van der Waals surface area contributed by atoms with Crippen molar-refractivity contribution in [2.45, 2.75) is 45.9 Å². The number of benzene rings is 1. The van der Waals surface area contributed by atoms with E-state index in [1.165, 1.54) is 4.88 Å². The van der Waals surface area contributed by atoms with E-state index in [2.05, 4.69) is 22.5 Å². The lowest BCUT2D eigenvalue weighted by molar-refractivity contribution is 0.0636. The van der Waals surface area contributed by atoms with Crippen LogP contribution < -0.4 is 10.6 Å². The molecule has 0 saturated heterocycles. The summed E-state index contributed by atoms with van der Waals surface area (Å²) in [4.78, 5) is 17.0. The molecule has 0 aliphatic rings. The molecule has 0 bridgehead atoms. The Morgan fingerprint density at radius 3 is 2.57 bits per heavy atom. The fourth-order valence-corrected chi connectivity index (χ4v) is 2.52. The predicted molar refractivity (Wildman–Crippen MR) is 93.7 cm³/mol. The molecular formula is C17H23N3O2S. The number of amides is 1. The summed E-state index contributed by atoms with van der Waals surface area (Å²) in [7, 11) is 0. The van der Waals surface area contributed by atoms with Gasteiger partial charge in [-0.25, -0.2) is 4.79 Å². The molecule has 0 saturated carbocycles. The molecule has 0 aliphatic heterocycles. The number of thiazole rings is 1. The van der Waals surface area contributed by atoms with Crippen LogP contribution in [0.4, 0.5) is 10.5 Å². The second-order valence-electron chi connectivity index (χ2n) is 6.32. The Morgan fingerprint density at radius 2 is 2.00 bits per heavy atom. The first-order valence-electron chi connectivity index (χ1n) is 7.54. The van der Waals surface area contributed by atoms with Gasteiger partial charge in [-0.3, -0.25) is 10.3 Å². The zero-order valence-corrected chi connectivity index (χ0v) is 14.7. The smallest absolute Gasteiger partial charge is 0.412 e. The fraction of sp³-hybridized carbons (Fsp3) is 0.412. The number of nitrogens with one attached hydrogen (secondary N) is 2. The van der Waals surface area contributed by atoms with Gasteiger partial charge >= 0.3 is 6.09 Å². The van der Waals surface area contributed by atoms with Crippen molar-refractivity contribution < 1.29 is 9.53 Å². The number of carbonyl (C=O) groups excluding carboxylic acids is 1. The molecule has 23 heavy (non-hydrogen) atoms. The number of hydrogen-bond acceptors (Lipinski definition) is 5. The number of ether oxygens (including phenoxy) is 1. The van der Waals surface area contributed by atoms with E-state index in [1.807, 2.05) is 56.7 Å². The molecule has 2 aromatic rings. The Balaban J connectivity index is 1.87. The number of nitrogens with zero attached hydrogens (tertiary/aromatic N) is 1. The van der Waals surface area contributed by atoms with Crippen LogP contribution in [0.25, 0.3) is 0 Å². The summed E-state index contributed by atoms with van der Waals surface area (Å²) < 4.78 is 5.23. The van der Waals surface area contributed by atoms with Crippen LogP contribution in [0.15, 0.2) is 36.0 Å². The molecule has 0 spiro atoms. The fourth-order valence-electron chi connectivity index (χ4n) is 1.98. The topological polar surface area (TPSA) is 63.2 Å². The highest BCUT2D eigenvalue weighted by atomic mass is 32.1. The molecule has 2 N–H and O–H groups in total. The van der Waals surface area contributed by atoms with Crippen molar-refractivity contribution in [3.05, 3.63) is 46.4 Å². The summed E-state index contributed by atoms with van der Waals surface area (Å²) in [6.45, 7) is 8.42. The number of carbonyl (C=O) groups is 1. The van der Waals surface area contributed by atoms with Crippen LogP contribution in [0.2, 0.25) is 0 Å². The van der Waals surface area contributed by atoms with Crippen LogP contribution >= 0.6 is 11.3 Å². The van der Waals surface area contributed by atoms with E-state index >= 15 is 0 Å². The quantitative estimate of drug-likeness (QED) is 0.854. The molecule has 0 aliphatic carbocycles. The highest BCUT2D eigenvalue weighted by Gasteiger charge is 2.16. The molecule has 1 unspecified atom stereocenters. The Labute approximate surface area is 141 Å². The number of rotatable bonds is 5. The molecule has 124 valence electrons. The Morgan fingerprint density at radius 1 is 1.30 bits per heavy atom. The van der Waals surface area contributed by atoms with E-state index < -0.39 is 11.7 Å². The van der Waals surface area contributed by atoms with Gasteiger partial charge in [0.2, 0.25) is 0 Å². The maximum absolute atomic E-state index is 11.7. The standard InChI is InChI=1S/C17H23N3O2S/c1-12(19-10-15-9-18-11-23-15)13-5-7-14(8-6-13)20-16(21)22-17(2,3)4/h5-9,11-12,19H,10H2,1-4H3,(H,20,21). The van der Waals surface area contributed by atoms with Gasteiger partial charge in [-0.15, -0.1) is 11.3 Å². The Bertz CT molecular complexity index is 618. The Hall–Kier alpha value is -1.92. The Kier molecular flexibility index (Phi) is 5.74. The summed E-state index contributed by atoms with van der Waals surface area (Å²) in [5.41, 5.74) is 3.21. The van der Waals surface area contributed by atoms with Crippen molar-refractivity contribution >= 4 is 23.1 Å². The molecule has 1 heterocycles. The lowest BCUT2D eigenvalue weighted by Gasteiger charge is -2.20. The van der Waals surface area contributed by atoms with Crippen molar-refractivity contribution in [1.82, 2.24) is 10.3 Å². The summed E-state index contributed by atoms with van der Waals surface area (Å²) >= 11 is 1.64.